The van der Waals surface area contributed by atoms with Gasteiger partial charge in [-0.05, 0) is 35.9 Å². The number of alkyl halides is 6. The summed E-state index contributed by atoms with van der Waals surface area (Å²) in [7, 11) is 0. The van der Waals surface area contributed by atoms with Gasteiger partial charge in [0.25, 0.3) is 0 Å². The van der Waals surface area contributed by atoms with Crippen LogP contribution in [0.4, 0.5) is 31.1 Å². The quantitative estimate of drug-likeness (QED) is 0.260. The van der Waals surface area contributed by atoms with Crippen LogP contribution in [0.2, 0.25) is 5.02 Å². The molecule has 1 unspecified atom stereocenters. The van der Waals surface area contributed by atoms with Crippen LogP contribution in [0.5, 0.6) is 0 Å². The second-order valence-corrected chi connectivity index (χ2v) is 9.15. The zero-order valence-electron chi connectivity index (χ0n) is 20.7. The van der Waals surface area contributed by atoms with E-state index >= 15 is 0 Å². The zero-order chi connectivity index (χ0) is 30.5. The van der Waals surface area contributed by atoms with Gasteiger partial charge in [-0.1, -0.05) is 29.8 Å². The van der Waals surface area contributed by atoms with E-state index < -0.39 is 73.8 Å². The van der Waals surface area contributed by atoms with Crippen LogP contribution in [0.3, 0.4) is 0 Å². The van der Waals surface area contributed by atoms with Crippen molar-refractivity contribution in [3.05, 3.63) is 75.2 Å². The predicted molar refractivity (Wildman–Crippen MR) is 132 cm³/mol. The molecule has 2 aromatic carbocycles. The zero-order valence-corrected chi connectivity index (χ0v) is 21.5. The molecule has 0 aliphatic carbocycles. The number of nitrogens with zero attached hydrogens (tertiary/aromatic N) is 3. The second-order valence-electron chi connectivity index (χ2n) is 8.71. The fourth-order valence-electron chi connectivity index (χ4n) is 3.84. The summed E-state index contributed by atoms with van der Waals surface area (Å²) in [5.74, 6) is -2.46. The van der Waals surface area contributed by atoms with Gasteiger partial charge in [-0.2, -0.15) is 26.3 Å². The first-order valence-electron chi connectivity index (χ1n) is 11.7. The van der Waals surface area contributed by atoms with E-state index in [9.17, 15) is 45.8 Å². The van der Waals surface area contributed by atoms with Crippen molar-refractivity contribution >= 4 is 23.6 Å². The predicted octanol–water partition coefficient (Wildman–Crippen LogP) is 3.47. The van der Waals surface area contributed by atoms with Crippen LogP contribution in [-0.2, 0) is 24.1 Å². The Morgan fingerprint density at radius 2 is 1.59 bits per heavy atom. The van der Waals surface area contributed by atoms with Crippen molar-refractivity contribution in [1.82, 2.24) is 25.0 Å². The molecule has 0 saturated carbocycles. The maximum Gasteiger partial charge on any atom is 0.416 e. The molecule has 0 fully saturated rings. The molecule has 2 amide bonds. The van der Waals surface area contributed by atoms with Crippen LogP contribution >= 0.6 is 11.6 Å². The normalized spacial score (nSPS) is 13.5. The SMILES string of the molecule is O=C(O)NCC(CNC(=O)Cn1nc(-c2ccc(Cl)cc2)n(C[C@H](O)C(F)(F)F)c1=O)c1ccccc1C(F)(F)F. The van der Waals surface area contributed by atoms with Gasteiger partial charge in [0.15, 0.2) is 11.9 Å². The van der Waals surface area contributed by atoms with E-state index in [4.69, 9.17) is 16.7 Å². The lowest BCUT2D eigenvalue weighted by Gasteiger charge is -2.22. The molecule has 1 aromatic heterocycles. The first-order valence-corrected chi connectivity index (χ1v) is 12.0. The Morgan fingerprint density at radius 1 is 0.976 bits per heavy atom. The van der Waals surface area contributed by atoms with E-state index in [1.54, 1.807) is 0 Å². The topological polar surface area (TPSA) is 138 Å². The van der Waals surface area contributed by atoms with Gasteiger partial charge >= 0.3 is 24.1 Å². The molecule has 4 N–H and O–H groups in total. The van der Waals surface area contributed by atoms with Crippen molar-refractivity contribution in [2.75, 3.05) is 13.1 Å². The third kappa shape index (κ3) is 8.23. The summed E-state index contributed by atoms with van der Waals surface area (Å²) in [6.07, 6.45) is -14.3. The molecular formula is C24H22ClF6N5O5. The molecule has 3 aromatic rings. The lowest BCUT2D eigenvalue weighted by molar-refractivity contribution is -0.207. The maximum atomic E-state index is 13.5. The van der Waals surface area contributed by atoms with E-state index in [2.05, 4.69) is 10.4 Å². The highest BCUT2D eigenvalue weighted by Gasteiger charge is 2.39. The number of halogens is 7. The number of amides is 2. The minimum absolute atomic E-state index is 0.142. The lowest BCUT2D eigenvalue weighted by atomic mass is 9.93. The minimum atomic E-state index is -5.07. The Bertz CT molecular complexity index is 1440. The molecule has 0 aliphatic rings. The highest BCUT2D eigenvalue weighted by atomic mass is 35.5. The molecule has 0 bridgehead atoms. The van der Waals surface area contributed by atoms with Crippen LogP contribution < -0.4 is 16.3 Å². The second kappa shape index (κ2) is 12.6. The number of aliphatic hydroxyl groups is 1. The number of carbonyl (C=O) groups is 2. The van der Waals surface area contributed by atoms with Gasteiger partial charge in [0.05, 0.1) is 12.1 Å². The number of benzene rings is 2. The molecule has 0 radical (unpaired) electrons. The Morgan fingerprint density at radius 3 is 2.17 bits per heavy atom. The Kier molecular flexibility index (Phi) is 9.70. The standard InChI is InChI=1S/C24H22ClF6N5O5/c25-15-7-5-13(6-8-15)20-34-36(22(41)35(20)11-18(37)24(29,30)31)12-19(38)32-9-14(10-33-21(39)40)16-3-1-2-4-17(16)23(26,27)28/h1-8,14,18,33,37H,9-12H2,(H,32,38)(H,39,40)/t14?,18-/m0/s1. The van der Waals surface area contributed by atoms with Crippen LogP contribution in [0, 0.1) is 0 Å². The average molecular weight is 610 g/mol. The van der Waals surface area contributed by atoms with Gasteiger partial charge in [-0.3, -0.25) is 9.36 Å². The molecule has 222 valence electrons. The van der Waals surface area contributed by atoms with Crippen molar-refractivity contribution in [3.8, 4) is 11.4 Å². The minimum Gasteiger partial charge on any atom is -0.465 e. The molecule has 0 aliphatic heterocycles. The van der Waals surface area contributed by atoms with Crippen LogP contribution in [0.1, 0.15) is 17.0 Å². The molecule has 2 atom stereocenters. The summed E-state index contributed by atoms with van der Waals surface area (Å²) < 4.78 is 80.7. The van der Waals surface area contributed by atoms with Crippen LogP contribution in [-0.4, -0.2) is 61.9 Å². The summed E-state index contributed by atoms with van der Waals surface area (Å²) >= 11 is 5.83. The number of nitrogens with one attached hydrogen (secondary N) is 2. The smallest absolute Gasteiger partial charge is 0.416 e. The van der Waals surface area contributed by atoms with E-state index in [1.807, 2.05) is 5.32 Å². The van der Waals surface area contributed by atoms with Crippen LogP contribution in [0.15, 0.2) is 53.3 Å². The molecular weight excluding hydrogens is 588 g/mol. The molecule has 10 nitrogen and oxygen atoms in total. The number of carbonyl (C=O) groups excluding carboxylic acids is 1. The highest BCUT2D eigenvalue weighted by Crippen LogP contribution is 2.35. The van der Waals surface area contributed by atoms with Crippen molar-refractivity contribution < 1.29 is 46.1 Å². The van der Waals surface area contributed by atoms with Gasteiger partial charge in [0.2, 0.25) is 5.91 Å². The van der Waals surface area contributed by atoms with E-state index in [1.165, 1.54) is 30.3 Å². The number of rotatable bonds is 10. The largest absolute Gasteiger partial charge is 0.465 e. The fraction of sp³-hybridized carbons (Fsp3) is 0.333. The number of hydrogen-bond acceptors (Lipinski definition) is 5. The van der Waals surface area contributed by atoms with Gasteiger partial charge in [0.1, 0.15) is 6.54 Å². The average Bonchev–Trinajstić information content (AvgIpc) is 3.18. The summed E-state index contributed by atoms with van der Waals surface area (Å²) in [6.45, 7) is -3.10. The van der Waals surface area contributed by atoms with Gasteiger partial charge in [0, 0.05) is 29.6 Å². The number of aromatic nitrogens is 3. The highest BCUT2D eigenvalue weighted by molar-refractivity contribution is 6.30. The van der Waals surface area contributed by atoms with Crippen LogP contribution in [0.25, 0.3) is 11.4 Å². The van der Waals surface area contributed by atoms with Crippen molar-refractivity contribution in [3.63, 3.8) is 0 Å². The molecule has 1 heterocycles. The van der Waals surface area contributed by atoms with Crippen molar-refractivity contribution in [2.24, 2.45) is 0 Å². The van der Waals surface area contributed by atoms with Crippen molar-refractivity contribution in [2.45, 2.75) is 37.5 Å². The summed E-state index contributed by atoms with van der Waals surface area (Å²) in [5, 5.41) is 26.9. The Labute approximate surface area is 232 Å². The summed E-state index contributed by atoms with van der Waals surface area (Å²) in [4.78, 5) is 36.6. The maximum absolute atomic E-state index is 13.5. The molecule has 41 heavy (non-hydrogen) atoms. The third-order valence-corrected chi connectivity index (χ3v) is 6.06. The fourth-order valence-corrected chi connectivity index (χ4v) is 3.97. The Balaban J connectivity index is 1.87. The monoisotopic (exact) mass is 609 g/mol. The van der Waals surface area contributed by atoms with Crippen molar-refractivity contribution in [1.29, 1.82) is 0 Å². The number of aliphatic hydroxyl groups excluding tert-OH is 1. The van der Waals surface area contributed by atoms with E-state index in [0.29, 0.717) is 9.25 Å². The lowest BCUT2D eigenvalue weighted by Crippen LogP contribution is -2.40. The molecule has 0 spiro atoms. The Hall–Kier alpha value is -4.05. The third-order valence-electron chi connectivity index (χ3n) is 5.80. The molecule has 17 heteroatoms. The number of carboxylic acid groups (broad SMARTS) is 1. The van der Waals surface area contributed by atoms with Gasteiger partial charge in [-0.15, -0.1) is 5.10 Å². The summed E-state index contributed by atoms with van der Waals surface area (Å²) in [6, 6.07) is 9.82. The number of hydrogen-bond donors (Lipinski definition) is 4. The van der Waals surface area contributed by atoms with E-state index in [-0.39, 0.29) is 22.0 Å². The molecule has 3 rings (SSSR count). The summed E-state index contributed by atoms with van der Waals surface area (Å²) in [5.41, 5.74) is -2.39. The van der Waals surface area contributed by atoms with Gasteiger partial charge < -0.3 is 20.8 Å². The van der Waals surface area contributed by atoms with Gasteiger partial charge in [-0.25, -0.2) is 14.3 Å². The first kappa shape index (κ1) is 31.5. The molecule has 0 saturated heterocycles. The van der Waals surface area contributed by atoms with E-state index in [0.717, 1.165) is 18.2 Å². The first-order chi connectivity index (χ1) is 19.1.